The molecule has 174 valence electrons. The number of piperidine rings is 1. The quantitative estimate of drug-likeness (QED) is 0.306. The third-order valence-corrected chi connectivity index (χ3v) is 7.54. The summed E-state index contributed by atoms with van der Waals surface area (Å²) in [6, 6.07) is 12.8. The first kappa shape index (κ1) is 22.4. The number of rotatable bonds is 5. The van der Waals surface area contributed by atoms with Crippen LogP contribution in [0.3, 0.4) is 0 Å². The topological polar surface area (TPSA) is 56.3 Å². The molecule has 0 atom stereocenters. The Morgan fingerprint density at radius 2 is 1.91 bits per heavy atom. The van der Waals surface area contributed by atoms with E-state index in [1.165, 1.54) is 48.4 Å². The standard InChI is InChI=1S/C27H27FN4OS/c1-4-22-25(21-15-20(14-17(2)26(21)33-22)32-12-6-5-7-13-32)31(3)27-30-24(23(16-29)34-27)18-8-10-19(28)11-9-18/h8-11,14-15H,4-7,12-13H2,1-3H3. The van der Waals surface area contributed by atoms with Gasteiger partial charge in [0.2, 0.25) is 0 Å². The molecule has 1 aliphatic rings. The van der Waals surface area contributed by atoms with Crippen molar-refractivity contribution in [3.05, 3.63) is 58.4 Å². The third-order valence-electron chi connectivity index (χ3n) is 6.50. The minimum Gasteiger partial charge on any atom is -0.459 e. The molecule has 0 aliphatic carbocycles. The Kier molecular flexibility index (Phi) is 6.01. The van der Waals surface area contributed by atoms with E-state index in [0.29, 0.717) is 15.7 Å². The van der Waals surface area contributed by atoms with Gasteiger partial charge in [0.25, 0.3) is 0 Å². The molecule has 0 N–H and O–H groups in total. The van der Waals surface area contributed by atoms with E-state index in [1.807, 2.05) is 11.9 Å². The Bertz CT molecular complexity index is 1380. The summed E-state index contributed by atoms with van der Waals surface area (Å²) in [5.41, 5.74) is 5.54. The average Bonchev–Trinajstić information content (AvgIpc) is 3.46. The first-order chi connectivity index (χ1) is 16.5. The van der Waals surface area contributed by atoms with E-state index in [9.17, 15) is 9.65 Å². The first-order valence-electron chi connectivity index (χ1n) is 11.7. The van der Waals surface area contributed by atoms with Crippen molar-refractivity contribution in [2.24, 2.45) is 0 Å². The molecule has 0 amide bonds. The SMILES string of the molecule is CCc1oc2c(C)cc(N3CCCCC3)cc2c1N(C)c1nc(-c2ccc(F)cc2)c(C#N)s1. The molecule has 3 heterocycles. The number of thiazole rings is 1. The van der Waals surface area contributed by atoms with Gasteiger partial charge in [0.05, 0.1) is 5.69 Å². The fourth-order valence-electron chi connectivity index (χ4n) is 4.76. The Labute approximate surface area is 203 Å². The zero-order chi connectivity index (χ0) is 23.8. The molecule has 5 nitrogen and oxygen atoms in total. The van der Waals surface area contributed by atoms with Crippen molar-refractivity contribution in [2.45, 2.75) is 39.5 Å². The lowest BCUT2D eigenvalue weighted by atomic mass is 10.1. The highest BCUT2D eigenvalue weighted by molar-refractivity contribution is 7.16. The summed E-state index contributed by atoms with van der Waals surface area (Å²) in [5.74, 6) is 0.584. The largest absolute Gasteiger partial charge is 0.459 e. The summed E-state index contributed by atoms with van der Waals surface area (Å²) in [6.45, 7) is 6.34. The zero-order valence-corrected chi connectivity index (χ0v) is 20.5. The number of fused-ring (bicyclic) bond motifs is 1. The molecule has 0 unspecified atom stereocenters. The highest BCUT2D eigenvalue weighted by Crippen LogP contribution is 2.43. The number of nitriles is 1. The van der Waals surface area contributed by atoms with Crippen LogP contribution in [0.25, 0.3) is 22.2 Å². The van der Waals surface area contributed by atoms with E-state index in [0.717, 1.165) is 53.1 Å². The highest BCUT2D eigenvalue weighted by Gasteiger charge is 2.24. The van der Waals surface area contributed by atoms with Crippen LogP contribution in [0.4, 0.5) is 20.9 Å². The molecule has 0 saturated carbocycles. The lowest BCUT2D eigenvalue weighted by molar-refractivity contribution is 0.555. The monoisotopic (exact) mass is 474 g/mol. The van der Waals surface area contributed by atoms with Gasteiger partial charge in [0.15, 0.2) is 5.13 Å². The van der Waals surface area contributed by atoms with E-state index >= 15 is 0 Å². The fraction of sp³-hybridized carbons (Fsp3) is 0.333. The van der Waals surface area contributed by atoms with E-state index < -0.39 is 0 Å². The average molecular weight is 475 g/mol. The van der Waals surface area contributed by atoms with Crippen LogP contribution in [-0.2, 0) is 6.42 Å². The van der Waals surface area contributed by atoms with Crippen LogP contribution in [0.1, 0.15) is 42.4 Å². The number of furan rings is 1. The summed E-state index contributed by atoms with van der Waals surface area (Å²) in [7, 11) is 1.97. The minimum absolute atomic E-state index is 0.313. The molecule has 1 fully saturated rings. The number of hydrogen-bond acceptors (Lipinski definition) is 6. The summed E-state index contributed by atoms with van der Waals surface area (Å²) in [5, 5.41) is 11.5. The van der Waals surface area contributed by atoms with Gasteiger partial charge in [-0.3, -0.25) is 0 Å². The van der Waals surface area contributed by atoms with Gasteiger partial charge >= 0.3 is 0 Å². The van der Waals surface area contributed by atoms with Crippen LogP contribution in [0.15, 0.2) is 40.8 Å². The Balaban J connectivity index is 1.61. The Morgan fingerprint density at radius 3 is 2.59 bits per heavy atom. The van der Waals surface area contributed by atoms with Gasteiger partial charge in [-0.2, -0.15) is 5.26 Å². The molecule has 0 bridgehead atoms. The van der Waals surface area contributed by atoms with Crippen LogP contribution in [0, 0.1) is 24.1 Å². The minimum atomic E-state index is -0.313. The normalized spacial score (nSPS) is 13.9. The van der Waals surface area contributed by atoms with Gasteiger partial charge in [-0.25, -0.2) is 9.37 Å². The number of aryl methyl sites for hydroxylation is 2. The molecule has 7 heteroatoms. The molecule has 0 radical (unpaired) electrons. The van der Waals surface area contributed by atoms with Crippen molar-refractivity contribution in [2.75, 3.05) is 29.9 Å². The lowest BCUT2D eigenvalue weighted by Crippen LogP contribution is -2.29. The number of hydrogen-bond donors (Lipinski definition) is 0. The van der Waals surface area contributed by atoms with Crippen molar-refractivity contribution in [1.82, 2.24) is 4.98 Å². The lowest BCUT2D eigenvalue weighted by Gasteiger charge is -2.29. The molecule has 2 aromatic heterocycles. The van der Waals surface area contributed by atoms with Crippen LogP contribution < -0.4 is 9.80 Å². The molecule has 1 aliphatic heterocycles. The highest BCUT2D eigenvalue weighted by atomic mass is 32.1. The molecule has 2 aromatic carbocycles. The van der Waals surface area contributed by atoms with Gasteiger partial charge < -0.3 is 14.2 Å². The van der Waals surface area contributed by atoms with Gasteiger partial charge in [0.1, 0.15) is 33.8 Å². The van der Waals surface area contributed by atoms with Crippen LogP contribution >= 0.6 is 11.3 Å². The van der Waals surface area contributed by atoms with E-state index in [4.69, 9.17) is 9.40 Å². The van der Waals surface area contributed by atoms with E-state index in [1.54, 1.807) is 12.1 Å². The molecular weight excluding hydrogens is 447 g/mol. The number of nitrogens with zero attached hydrogens (tertiary/aromatic N) is 4. The predicted molar refractivity (Wildman–Crippen MR) is 137 cm³/mol. The molecule has 5 rings (SSSR count). The van der Waals surface area contributed by atoms with Crippen LogP contribution in [0.2, 0.25) is 0 Å². The summed E-state index contributed by atoms with van der Waals surface area (Å²) in [6.07, 6.45) is 4.47. The van der Waals surface area contributed by atoms with Crippen molar-refractivity contribution in [3.63, 3.8) is 0 Å². The second-order valence-corrected chi connectivity index (χ2v) is 9.74. The van der Waals surface area contributed by atoms with Gasteiger partial charge in [-0.15, -0.1) is 0 Å². The molecule has 0 spiro atoms. The van der Waals surface area contributed by atoms with Gasteiger partial charge in [-0.05, 0) is 68.1 Å². The maximum Gasteiger partial charge on any atom is 0.191 e. The van der Waals surface area contributed by atoms with Crippen molar-refractivity contribution >= 4 is 38.8 Å². The molecule has 34 heavy (non-hydrogen) atoms. The van der Waals surface area contributed by atoms with E-state index in [-0.39, 0.29) is 5.82 Å². The maximum atomic E-state index is 13.4. The summed E-state index contributed by atoms with van der Waals surface area (Å²) in [4.78, 5) is 9.80. The first-order valence-corrected chi connectivity index (χ1v) is 12.5. The predicted octanol–water partition coefficient (Wildman–Crippen LogP) is 7.20. The molecular formula is C27H27FN4OS. The smallest absolute Gasteiger partial charge is 0.191 e. The van der Waals surface area contributed by atoms with Crippen LogP contribution in [-0.4, -0.2) is 25.1 Å². The third kappa shape index (κ3) is 3.92. The van der Waals surface area contributed by atoms with Crippen molar-refractivity contribution in [3.8, 4) is 17.3 Å². The number of aromatic nitrogens is 1. The number of anilines is 3. The number of halogens is 1. The maximum absolute atomic E-state index is 13.4. The Hall–Kier alpha value is -3.37. The molecule has 4 aromatic rings. The molecule has 1 saturated heterocycles. The van der Waals surface area contributed by atoms with Gasteiger partial charge in [-0.1, -0.05) is 18.3 Å². The second kappa shape index (κ2) is 9.11. The second-order valence-electron chi connectivity index (χ2n) is 8.77. The van der Waals surface area contributed by atoms with Gasteiger partial charge in [0, 0.05) is 43.2 Å². The number of benzene rings is 2. The van der Waals surface area contributed by atoms with Crippen molar-refractivity contribution < 1.29 is 8.81 Å². The summed E-state index contributed by atoms with van der Waals surface area (Å²) < 4.78 is 19.8. The zero-order valence-electron chi connectivity index (χ0n) is 19.7. The van der Waals surface area contributed by atoms with E-state index in [2.05, 4.69) is 36.9 Å². The Morgan fingerprint density at radius 1 is 1.18 bits per heavy atom. The van der Waals surface area contributed by atoms with Crippen LogP contribution in [0.5, 0.6) is 0 Å². The van der Waals surface area contributed by atoms with Crippen molar-refractivity contribution in [1.29, 1.82) is 5.26 Å². The summed E-state index contributed by atoms with van der Waals surface area (Å²) >= 11 is 1.34. The fourth-order valence-corrected chi connectivity index (χ4v) is 5.61.